The van der Waals surface area contributed by atoms with Crippen LogP contribution in [-0.4, -0.2) is 15.0 Å². The highest BCUT2D eigenvalue weighted by atomic mass is 32.2. The van der Waals surface area contributed by atoms with Gasteiger partial charge in [0.1, 0.15) is 4.90 Å². The zero-order valence-electron chi connectivity index (χ0n) is 10.5. The molecule has 0 unspecified atom stereocenters. The van der Waals surface area contributed by atoms with E-state index in [9.17, 15) is 8.42 Å². The van der Waals surface area contributed by atoms with E-state index in [0.717, 1.165) is 6.42 Å². The number of benzene rings is 1. The minimum atomic E-state index is -3.49. The highest BCUT2D eigenvalue weighted by Gasteiger charge is 2.19. The molecule has 4 nitrogen and oxygen atoms in total. The van der Waals surface area contributed by atoms with Gasteiger partial charge in [0.25, 0.3) is 0 Å². The quantitative estimate of drug-likeness (QED) is 0.790. The van der Waals surface area contributed by atoms with E-state index in [1.54, 1.807) is 25.1 Å². The first-order valence-electron chi connectivity index (χ1n) is 5.69. The molecule has 5 heteroatoms. The first-order chi connectivity index (χ1) is 7.84. The van der Waals surface area contributed by atoms with Crippen molar-refractivity contribution in [3.63, 3.8) is 0 Å². The van der Waals surface area contributed by atoms with Crippen molar-refractivity contribution in [1.29, 1.82) is 0 Å². The van der Waals surface area contributed by atoms with Crippen LogP contribution < -0.4 is 10.5 Å². The van der Waals surface area contributed by atoms with Crippen LogP contribution in [0.15, 0.2) is 23.1 Å². The molecule has 3 N–H and O–H groups in total. The van der Waals surface area contributed by atoms with Gasteiger partial charge in [-0.05, 0) is 30.9 Å². The molecule has 0 aliphatic rings. The van der Waals surface area contributed by atoms with Crippen molar-refractivity contribution < 1.29 is 8.42 Å². The van der Waals surface area contributed by atoms with Gasteiger partial charge in [0.05, 0.1) is 5.69 Å². The fourth-order valence-corrected chi connectivity index (χ4v) is 3.00. The Balaban J connectivity index is 2.90. The highest BCUT2D eigenvalue weighted by Crippen LogP contribution is 2.21. The number of nitrogens with two attached hydrogens (primary N) is 1. The zero-order valence-corrected chi connectivity index (χ0v) is 11.3. The number of hydrogen-bond acceptors (Lipinski definition) is 3. The lowest BCUT2D eigenvalue weighted by Crippen LogP contribution is -2.27. The number of anilines is 1. The summed E-state index contributed by atoms with van der Waals surface area (Å²) in [5.74, 6) is 0.465. The molecule has 0 aromatic heterocycles. The van der Waals surface area contributed by atoms with Gasteiger partial charge in [0.2, 0.25) is 10.0 Å². The van der Waals surface area contributed by atoms with E-state index in [1.165, 1.54) is 0 Å². The van der Waals surface area contributed by atoms with Crippen LogP contribution in [0.25, 0.3) is 0 Å². The Morgan fingerprint density at radius 2 is 2.00 bits per heavy atom. The molecule has 96 valence electrons. The number of aryl methyl sites for hydroxylation is 1. The lowest BCUT2D eigenvalue weighted by atomic mass is 10.1. The second-order valence-electron chi connectivity index (χ2n) is 4.57. The third-order valence-corrected chi connectivity index (χ3v) is 4.20. The Morgan fingerprint density at radius 1 is 1.35 bits per heavy atom. The van der Waals surface area contributed by atoms with Crippen LogP contribution in [0.1, 0.15) is 25.8 Å². The van der Waals surface area contributed by atoms with Gasteiger partial charge in [-0.3, -0.25) is 0 Å². The van der Waals surface area contributed by atoms with Gasteiger partial charge in [0, 0.05) is 6.54 Å². The molecule has 0 radical (unpaired) electrons. The molecule has 1 rings (SSSR count). The fraction of sp³-hybridized carbons (Fsp3) is 0.500. The smallest absolute Gasteiger partial charge is 0.242 e. The zero-order chi connectivity index (χ0) is 13.1. The predicted molar refractivity (Wildman–Crippen MR) is 70.2 cm³/mol. The van der Waals surface area contributed by atoms with Crippen molar-refractivity contribution >= 4 is 15.7 Å². The van der Waals surface area contributed by atoms with E-state index in [4.69, 9.17) is 5.73 Å². The largest absolute Gasteiger partial charge is 0.398 e. The minimum absolute atomic E-state index is 0.198. The SMILES string of the molecule is Cc1cccc(N)c1S(=O)(=O)NCCC(C)C. The third kappa shape index (κ3) is 3.71. The topological polar surface area (TPSA) is 72.2 Å². The van der Waals surface area contributed by atoms with Crippen molar-refractivity contribution in [3.8, 4) is 0 Å². The lowest BCUT2D eigenvalue weighted by Gasteiger charge is -2.12. The molecule has 0 spiro atoms. The molecular weight excluding hydrogens is 236 g/mol. The van der Waals surface area contributed by atoms with Crippen LogP contribution in [0.4, 0.5) is 5.69 Å². The second-order valence-corrected chi connectivity index (χ2v) is 6.28. The van der Waals surface area contributed by atoms with Gasteiger partial charge in [-0.2, -0.15) is 0 Å². The van der Waals surface area contributed by atoms with Gasteiger partial charge in [-0.1, -0.05) is 26.0 Å². The average Bonchev–Trinajstić information content (AvgIpc) is 2.15. The standard InChI is InChI=1S/C12H20N2O2S/c1-9(2)7-8-14-17(15,16)12-10(3)5-4-6-11(12)13/h4-6,9,14H,7-8,13H2,1-3H3. The summed E-state index contributed by atoms with van der Waals surface area (Å²) in [6.07, 6.45) is 0.811. The van der Waals surface area contributed by atoms with Crippen LogP contribution in [-0.2, 0) is 10.0 Å². The fourth-order valence-electron chi connectivity index (χ4n) is 1.60. The van der Waals surface area contributed by atoms with Gasteiger partial charge in [-0.15, -0.1) is 0 Å². The van der Waals surface area contributed by atoms with Gasteiger partial charge in [0.15, 0.2) is 0 Å². The van der Waals surface area contributed by atoms with Gasteiger partial charge in [-0.25, -0.2) is 13.1 Å². The maximum absolute atomic E-state index is 12.1. The maximum Gasteiger partial charge on any atom is 0.242 e. The van der Waals surface area contributed by atoms with E-state index in [0.29, 0.717) is 23.7 Å². The Labute approximate surface area is 103 Å². The number of nitrogen functional groups attached to an aromatic ring is 1. The van der Waals surface area contributed by atoms with Gasteiger partial charge >= 0.3 is 0 Å². The summed E-state index contributed by atoms with van der Waals surface area (Å²) in [7, 11) is -3.49. The Morgan fingerprint density at radius 3 is 2.53 bits per heavy atom. The van der Waals surface area contributed by atoms with Crippen LogP contribution in [0.5, 0.6) is 0 Å². The van der Waals surface area contributed by atoms with Crippen LogP contribution >= 0.6 is 0 Å². The first kappa shape index (κ1) is 14.0. The van der Waals surface area contributed by atoms with Crippen LogP contribution in [0, 0.1) is 12.8 Å². The molecule has 0 amide bonds. The van der Waals surface area contributed by atoms with E-state index in [2.05, 4.69) is 18.6 Å². The third-order valence-electron chi connectivity index (χ3n) is 2.52. The molecule has 0 heterocycles. The van der Waals surface area contributed by atoms with Crippen molar-refractivity contribution in [3.05, 3.63) is 23.8 Å². The molecule has 0 aliphatic carbocycles. The minimum Gasteiger partial charge on any atom is -0.398 e. The van der Waals surface area contributed by atoms with E-state index < -0.39 is 10.0 Å². The van der Waals surface area contributed by atoms with Crippen molar-refractivity contribution in [1.82, 2.24) is 4.72 Å². The van der Waals surface area contributed by atoms with Crippen LogP contribution in [0.3, 0.4) is 0 Å². The summed E-state index contributed by atoms with van der Waals surface area (Å²) >= 11 is 0. The Kier molecular flexibility index (Phi) is 4.54. The second kappa shape index (κ2) is 5.51. The summed E-state index contributed by atoms with van der Waals surface area (Å²) < 4.78 is 26.7. The molecular formula is C12H20N2O2S. The number of rotatable bonds is 5. The van der Waals surface area contributed by atoms with Crippen molar-refractivity contribution in [2.45, 2.75) is 32.1 Å². The van der Waals surface area contributed by atoms with Crippen molar-refractivity contribution in [2.24, 2.45) is 5.92 Å². The predicted octanol–water partition coefficient (Wildman–Crippen LogP) is 1.90. The van der Waals surface area contributed by atoms with Gasteiger partial charge < -0.3 is 5.73 Å². The van der Waals surface area contributed by atoms with E-state index in [-0.39, 0.29) is 4.90 Å². The lowest BCUT2D eigenvalue weighted by molar-refractivity contribution is 0.551. The summed E-state index contributed by atoms with van der Waals surface area (Å²) in [5.41, 5.74) is 6.68. The first-order valence-corrected chi connectivity index (χ1v) is 7.17. The Bertz CT molecular complexity index is 461. The van der Waals surface area contributed by atoms with E-state index in [1.807, 2.05) is 0 Å². The van der Waals surface area contributed by atoms with Crippen molar-refractivity contribution in [2.75, 3.05) is 12.3 Å². The number of nitrogens with one attached hydrogen (secondary N) is 1. The number of hydrogen-bond donors (Lipinski definition) is 2. The van der Waals surface area contributed by atoms with Crippen LogP contribution in [0.2, 0.25) is 0 Å². The molecule has 0 aliphatic heterocycles. The summed E-state index contributed by atoms with van der Waals surface area (Å²) in [6.45, 7) is 6.29. The summed E-state index contributed by atoms with van der Waals surface area (Å²) in [5, 5.41) is 0. The maximum atomic E-state index is 12.1. The monoisotopic (exact) mass is 256 g/mol. The molecule has 0 bridgehead atoms. The molecule has 0 saturated heterocycles. The van der Waals surface area contributed by atoms with E-state index >= 15 is 0 Å². The normalized spacial score (nSPS) is 12.0. The molecule has 1 aromatic rings. The molecule has 0 fully saturated rings. The molecule has 1 aromatic carbocycles. The average molecular weight is 256 g/mol. The molecule has 0 saturated carbocycles. The Hall–Kier alpha value is -1.07. The molecule has 0 atom stereocenters. The summed E-state index contributed by atoms with van der Waals surface area (Å²) in [4.78, 5) is 0.198. The number of sulfonamides is 1. The molecule has 17 heavy (non-hydrogen) atoms. The highest BCUT2D eigenvalue weighted by molar-refractivity contribution is 7.89. The summed E-state index contributed by atoms with van der Waals surface area (Å²) in [6, 6.07) is 5.09.